The van der Waals surface area contributed by atoms with E-state index in [-0.39, 0.29) is 5.92 Å². The van der Waals surface area contributed by atoms with Crippen LogP contribution >= 0.6 is 0 Å². The van der Waals surface area contributed by atoms with E-state index in [0.29, 0.717) is 36.6 Å². The van der Waals surface area contributed by atoms with Crippen molar-refractivity contribution in [1.29, 1.82) is 0 Å². The molecule has 0 bridgehead atoms. The zero-order valence-corrected chi connectivity index (χ0v) is 14.5. The summed E-state index contributed by atoms with van der Waals surface area (Å²) in [6.07, 6.45) is -3.55. The molecule has 3 aromatic rings. The van der Waals surface area contributed by atoms with E-state index >= 15 is 0 Å². The number of aromatic amines is 1. The topological polar surface area (TPSA) is 87.7 Å². The van der Waals surface area contributed by atoms with Gasteiger partial charge >= 0.3 is 6.18 Å². The lowest BCUT2D eigenvalue weighted by Gasteiger charge is -2.17. The number of amides is 1. The molecule has 0 aromatic carbocycles. The zero-order valence-electron chi connectivity index (χ0n) is 14.5. The molecule has 1 saturated heterocycles. The number of nitrogens with zero attached hydrogens (tertiary/aromatic N) is 5. The van der Waals surface area contributed by atoms with Gasteiger partial charge in [0.05, 0.1) is 17.5 Å². The summed E-state index contributed by atoms with van der Waals surface area (Å²) in [5.74, 6) is -0.00800. The first-order chi connectivity index (χ1) is 12.8. The Morgan fingerprint density at radius 2 is 2.15 bits per heavy atom. The highest BCUT2D eigenvalue weighted by Crippen LogP contribution is 2.34. The number of H-pyrrole nitrogens is 1. The number of halogens is 3. The lowest BCUT2D eigenvalue weighted by molar-refractivity contribution is -0.148. The molecule has 0 spiro atoms. The summed E-state index contributed by atoms with van der Waals surface area (Å²) in [6, 6.07) is 1.87. The minimum atomic E-state index is -4.33. The minimum absolute atomic E-state index is 0.0775. The molecule has 10 heteroatoms. The van der Waals surface area contributed by atoms with Gasteiger partial charge < -0.3 is 9.88 Å². The van der Waals surface area contributed by atoms with Crippen LogP contribution in [0.5, 0.6) is 0 Å². The van der Waals surface area contributed by atoms with Crippen LogP contribution in [0.1, 0.15) is 36.7 Å². The standard InChI is InChI=1S/C17H17F3N6O/c1-9-22-14(13-11-3-6-21-15(11)24-25-16(13)23-9)10-4-7-26(8-10)12(27)2-5-17(18,19)20/h3,6,10H,2,4-5,7-8H2,1H3,(H,21,24). The summed E-state index contributed by atoms with van der Waals surface area (Å²) in [6.45, 7) is 2.52. The molecule has 0 aliphatic carbocycles. The van der Waals surface area contributed by atoms with Crippen LogP contribution in [0.3, 0.4) is 0 Å². The van der Waals surface area contributed by atoms with Crippen molar-refractivity contribution in [2.45, 2.75) is 38.3 Å². The molecule has 1 aliphatic rings. The highest BCUT2D eigenvalue weighted by molar-refractivity contribution is 6.02. The van der Waals surface area contributed by atoms with Crippen LogP contribution in [0, 0.1) is 6.92 Å². The van der Waals surface area contributed by atoms with Gasteiger partial charge in [0.1, 0.15) is 5.82 Å². The third kappa shape index (κ3) is 3.43. The monoisotopic (exact) mass is 378 g/mol. The number of likely N-dealkylation sites (tertiary alicyclic amines) is 1. The Bertz CT molecular complexity index is 1010. The lowest BCUT2D eigenvalue weighted by atomic mass is 10.00. The van der Waals surface area contributed by atoms with E-state index in [2.05, 4.69) is 25.1 Å². The van der Waals surface area contributed by atoms with Gasteiger partial charge in [0.2, 0.25) is 5.91 Å². The van der Waals surface area contributed by atoms with Crippen LogP contribution in [0.15, 0.2) is 12.3 Å². The molecule has 4 heterocycles. The number of aromatic nitrogens is 5. The summed E-state index contributed by atoms with van der Waals surface area (Å²) < 4.78 is 37.1. The fourth-order valence-electron chi connectivity index (χ4n) is 3.56. The first-order valence-corrected chi connectivity index (χ1v) is 8.64. The Morgan fingerprint density at radius 3 is 2.93 bits per heavy atom. The largest absolute Gasteiger partial charge is 0.389 e. The Morgan fingerprint density at radius 1 is 1.33 bits per heavy atom. The highest BCUT2D eigenvalue weighted by atomic mass is 19.4. The van der Waals surface area contributed by atoms with E-state index in [1.165, 1.54) is 4.90 Å². The number of alkyl halides is 3. The number of hydrogen-bond donors (Lipinski definition) is 1. The lowest BCUT2D eigenvalue weighted by Crippen LogP contribution is -2.29. The number of carbonyl (C=O) groups excluding carboxylic acids is 1. The minimum Gasteiger partial charge on any atom is -0.345 e. The molecule has 27 heavy (non-hydrogen) atoms. The number of rotatable bonds is 3. The molecule has 1 amide bonds. The summed E-state index contributed by atoms with van der Waals surface area (Å²) in [5.41, 5.74) is 1.86. The third-order valence-corrected chi connectivity index (χ3v) is 4.82. The molecule has 7 nitrogen and oxygen atoms in total. The van der Waals surface area contributed by atoms with Gasteiger partial charge in [0, 0.05) is 37.0 Å². The van der Waals surface area contributed by atoms with Gasteiger partial charge in [-0.05, 0) is 19.4 Å². The van der Waals surface area contributed by atoms with Gasteiger partial charge in [0.25, 0.3) is 0 Å². The van der Waals surface area contributed by atoms with E-state index in [1.54, 1.807) is 13.1 Å². The van der Waals surface area contributed by atoms with Crippen molar-refractivity contribution in [3.05, 3.63) is 23.8 Å². The molecule has 4 rings (SSSR count). The Hall–Kier alpha value is -2.78. The fraction of sp³-hybridized carbons (Fsp3) is 0.471. The molecule has 142 valence electrons. The Labute approximate surface area is 152 Å². The number of aryl methyl sites for hydroxylation is 1. The molecule has 1 unspecified atom stereocenters. The second kappa shape index (κ2) is 6.43. The van der Waals surface area contributed by atoms with E-state index in [0.717, 1.165) is 16.5 Å². The maximum Gasteiger partial charge on any atom is 0.389 e. The van der Waals surface area contributed by atoms with Crippen LogP contribution in [0.25, 0.3) is 22.1 Å². The summed E-state index contributed by atoms with van der Waals surface area (Å²) in [5, 5.41) is 9.87. The van der Waals surface area contributed by atoms with Crippen LogP contribution in [-0.2, 0) is 4.79 Å². The number of carbonyl (C=O) groups is 1. The maximum absolute atomic E-state index is 12.4. The SMILES string of the molecule is Cc1nc(C2CCN(C(=O)CCC(F)(F)F)C2)c2c(nnc3[nH]ccc32)n1. The molecule has 1 fully saturated rings. The van der Waals surface area contributed by atoms with E-state index in [4.69, 9.17) is 0 Å². The van der Waals surface area contributed by atoms with Crippen LogP contribution in [0.4, 0.5) is 13.2 Å². The van der Waals surface area contributed by atoms with Gasteiger partial charge in [-0.25, -0.2) is 9.97 Å². The average Bonchev–Trinajstić information content (AvgIpc) is 3.27. The maximum atomic E-state index is 12.4. The molecule has 3 aromatic heterocycles. The molecular formula is C17H17F3N6O. The second-order valence-electron chi connectivity index (χ2n) is 6.74. The van der Waals surface area contributed by atoms with Gasteiger partial charge in [0.15, 0.2) is 11.3 Å². The van der Waals surface area contributed by atoms with Crippen molar-refractivity contribution in [2.24, 2.45) is 0 Å². The number of nitrogens with one attached hydrogen (secondary N) is 1. The van der Waals surface area contributed by atoms with E-state index < -0.39 is 24.9 Å². The summed E-state index contributed by atoms with van der Waals surface area (Å²) >= 11 is 0. The van der Waals surface area contributed by atoms with Crippen molar-refractivity contribution in [3.63, 3.8) is 0 Å². The van der Waals surface area contributed by atoms with Gasteiger partial charge in [-0.15, -0.1) is 10.2 Å². The Balaban J connectivity index is 1.63. The van der Waals surface area contributed by atoms with Crippen LogP contribution in [0.2, 0.25) is 0 Å². The normalized spacial score (nSPS) is 17.9. The van der Waals surface area contributed by atoms with E-state index in [1.807, 2.05) is 6.07 Å². The molecule has 1 N–H and O–H groups in total. The zero-order chi connectivity index (χ0) is 19.2. The van der Waals surface area contributed by atoms with E-state index in [9.17, 15) is 18.0 Å². The van der Waals surface area contributed by atoms with Gasteiger partial charge in [-0.1, -0.05) is 0 Å². The average molecular weight is 378 g/mol. The molecular weight excluding hydrogens is 361 g/mol. The van der Waals surface area contributed by atoms with Gasteiger partial charge in [-0.2, -0.15) is 13.2 Å². The second-order valence-corrected chi connectivity index (χ2v) is 6.74. The Kier molecular flexibility index (Phi) is 4.20. The predicted octanol–water partition coefficient (Wildman–Crippen LogP) is 2.87. The van der Waals surface area contributed by atoms with Crippen LogP contribution < -0.4 is 0 Å². The van der Waals surface area contributed by atoms with Crippen LogP contribution in [-0.4, -0.2) is 55.2 Å². The fourth-order valence-corrected chi connectivity index (χ4v) is 3.56. The molecule has 0 radical (unpaired) electrons. The highest BCUT2D eigenvalue weighted by Gasteiger charge is 2.33. The molecule has 1 aliphatic heterocycles. The molecule has 1 atom stereocenters. The van der Waals surface area contributed by atoms with Crippen molar-refractivity contribution in [1.82, 2.24) is 30.0 Å². The van der Waals surface area contributed by atoms with Crippen molar-refractivity contribution in [3.8, 4) is 0 Å². The summed E-state index contributed by atoms with van der Waals surface area (Å²) in [4.78, 5) is 25.6. The first kappa shape index (κ1) is 17.6. The predicted molar refractivity (Wildman–Crippen MR) is 90.9 cm³/mol. The quantitative estimate of drug-likeness (QED) is 0.757. The third-order valence-electron chi connectivity index (χ3n) is 4.82. The van der Waals surface area contributed by atoms with Crippen molar-refractivity contribution in [2.75, 3.05) is 13.1 Å². The van der Waals surface area contributed by atoms with Gasteiger partial charge in [-0.3, -0.25) is 4.79 Å². The van der Waals surface area contributed by atoms with Crippen molar-refractivity contribution >= 4 is 28.0 Å². The summed E-state index contributed by atoms with van der Waals surface area (Å²) in [7, 11) is 0. The van der Waals surface area contributed by atoms with Crippen molar-refractivity contribution < 1.29 is 18.0 Å². The first-order valence-electron chi connectivity index (χ1n) is 8.64. The molecule has 0 saturated carbocycles. The number of fused-ring (bicyclic) bond motifs is 3. The number of hydrogen-bond acceptors (Lipinski definition) is 5. The smallest absolute Gasteiger partial charge is 0.345 e.